The van der Waals surface area contributed by atoms with Crippen molar-refractivity contribution in [2.24, 2.45) is 5.92 Å². The monoisotopic (exact) mass is 284 g/mol. The fourth-order valence-electron chi connectivity index (χ4n) is 1.50. The second-order valence-electron chi connectivity index (χ2n) is 4.73. The first-order chi connectivity index (χ1) is 8.81. The van der Waals surface area contributed by atoms with Crippen molar-refractivity contribution < 1.29 is 13.2 Å². The van der Waals surface area contributed by atoms with Crippen LogP contribution in [-0.4, -0.2) is 26.8 Å². The molecule has 0 radical (unpaired) electrons. The molecule has 19 heavy (non-hydrogen) atoms. The molecule has 0 saturated heterocycles. The maximum Gasteiger partial charge on any atom is 0.229 e. The minimum atomic E-state index is -3.30. The van der Waals surface area contributed by atoms with Gasteiger partial charge in [-0.05, 0) is 18.4 Å². The van der Waals surface area contributed by atoms with Gasteiger partial charge in [0.2, 0.25) is 15.9 Å². The van der Waals surface area contributed by atoms with E-state index in [4.69, 9.17) is 4.74 Å². The van der Waals surface area contributed by atoms with Crippen LogP contribution in [0.2, 0.25) is 0 Å². The zero-order chi connectivity index (χ0) is 14.5. The van der Waals surface area contributed by atoms with E-state index in [0.717, 1.165) is 18.2 Å². The Morgan fingerprint density at radius 3 is 2.68 bits per heavy atom. The molecule has 0 spiro atoms. The van der Waals surface area contributed by atoms with E-state index in [1.165, 1.54) is 13.3 Å². The van der Waals surface area contributed by atoms with Crippen LogP contribution < -0.4 is 9.46 Å². The SMILES string of the molecule is COc1ncc(NS(C)(=O)=O)cc1/C=C/CC(C)C. The molecule has 1 N–H and O–H groups in total. The third-order valence-electron chi connectivity index (χ3n) is 2.28. The fraction of sp³-hybridized carbons (Fsp3) is 0.462. The van der Waals surface area contributed by atoms with E-state index >= 15 is 0 Å². The number of nitrogens with zero attached hydrogens (tertiary/aromatic N) is 1. The third-order valence-corrected chi connectivity index (χ3v) is 2.89. The van der Waals surface area contributed by atoms with Crippen molar-refractivity contribution in [2.75, 3.05) is 18.1 Å². The summed E-state index contributed by atoms with van der Waals surface area (Å²) in [6.07, 6.45) is 7.38. The van der Waals surface area contributed by atoms with Gasteiger partial charge in [0.05, 0.1) is 25.2 Å². The van der Waals surface area contributed by atoms with Crippen molar-refractivity contribution in [3.63, 3.8) is 0 Å². The zero-order valence-corrected chi connectivity index (χ0v) is 12.5. The summed E-state index contributed by atoms with van der Waals surface area (Å²) in [6, 6.07) is 1.70. The Kier molecular flexibility index (Phi) is 5.35. The van der Waals surface area contributed by atoms with E-state index in [2.05, 4.69) is 23.6 Å². The highest BCUT2D eigenvalue weighted by Gasteiger charge is 2.07. The first-order valence-corrected chi connectivity index (χ1v) is 7.89. The van der Waals surface area contributed by atoms with Gasteiger partial charge in [0.25, 0.3) is 0 Å². The minimum Gasteiger partial charge on any atom is -0.481 e. The molecule has 0 bridgehead atoms. The van der Waals surface area contributed by atoms with Gasteiger partial charge in [-0.25, -0.2) is 13.4 Å². The Labute approximate surface area is 114 Å². The summed E-state index contributed by atoms with van der Waals surface area (Å²) in [5, 5.41) is 0. The maximum atomic E-state index is 11.2. The molecule has 106 valence electrons. The Morgan fingerprint density at radius 1 is 1.47 bits per heavy atom. The van der Waals surface area contributed by atoms with Crippen molar-refractivity contribution in [3.8, 4) is 5.88 Å². The molecule has 0 aliphatic rings. The van der Waals surface area contributed by atoms with Gasteiger partial charge in [-0.1, -0.05) is 26.0 Å². The van der Waals surface area contributed by atoms with Gasteiger partial charge in [0.1, 0.15) is 0 Å². The van der Waals surface area contributed by atoms with Crippen LogP contribution in [0.3, 0.4) is 0 Å². The normalized spacial score (nSPS) is 12.1. The standard InChI is InChI=1S/C13H20N2O3S/c1-10(2)6-5-7-11-8-12(15-19(4,16)17)9-14-13(11)18-3/h5,7-10,15H,6H2,1-4H3/b7-5+. The molecule has 0 aliphatic heterocycles. The van der Waals surface area contributed by atoms with Crippen LogP contribution in [0.4, 0.5) is 5.69 Å². The second-order valence-corrected chi connectivity index (χ2v) is 6.48. The van der Waals surface area contributed by atoms with Gasteiger partial charge >= 0.3 is 0 Å². The van der Waals surface area contributed by atoms with Gasteiger partial charge in [-0.2, -0.15) is 0 Å². The van der Waals surface area contributed by atoms with Crippen LogP contribution >= 0.6 is 0 Å². The highest BCUT2D eigenvalue weighted by atomic mass is 32.2. The topological polar surface area (TPSA) is 68.3 Å². The number of ether oxygens (including phenoxy) is 1. The van der Waals surface area contributed by atoms with Crippen molar-refractivity contribution in [2.45, 2.75) is 20.3 Å². The molecule has 5 nitrogen and oxygen atoms in total. The van der Waals surface area contributed by atoms with E-state index < -0.39 is 10.0 Å². The van der Waals surface area contributed by atoms with Crippen molar-refractivity contribution in [1.29, 1.82) is 0 Å². The first-order valence-electron chi connectivity index (χ1n) is 6.00. The molecule has 1 aromatic heterocycles. The largest absolute Gasteiger partial charge is 0.481 e. The molecule has 0 fully saturated rings. The van der Waals surface area contributed by atoms with Gasteiger partial charge < -0.3 is 4.74 Å². The molecule has 1 aromatic rings. The average Bonchev–Trinajstić information content (AvgIpc) is 2.26. The lowest BCUT2D eigenvalue weighted by Gasteiger charge is -2.08. The summed E-state index contributed by atoms with van der Waals surface area (Å²) in [4.78, 5) is 4.08. The highest BCUT2D eigenvalue weighted by molar-refractivity contribution is 7.92. The van der Waals surface area contributed by atoms with Gasteiger partial charge in [-0.15, -0.1) is 0 Å². The van der Waals surface area contributed by atoms with E-state index in [1.54, 1.807) is 6.07 Å². The zero-order valence-electron chi connectivity index (χ0n) is 11.7. The van der Waals surface area contributed by atoms with Gasteiger partial charge in [-0.3, -0.25) is 4.72 Å². The van der Waals surface area contributed by atoms with Crippen molar-refractivity contribution >= 4 is 21.8 Å². The molecule has 0 aromatic carbocycles. The summed E-state index contributed by atoms with van der Waals surface area (Å²) in [5.74, 6) is 1.03. The number of nitrogens with one attached hydrogen (secondary N) is 1. The van der Waals surface area contributed by atoms with Gasteiger partial charge in [0, 0.05) is 5.56 Å². The number of anilines is 1. The van der Waals surface area contributed by atoms with Crippen LogP contribution in [0.15, 0.2) is 18.3 Å². The summed E-state index contributed by atoms with van der Waals surface area (Å²) >= 11 is 0. The highest BCUT2D eigenvalue weighted by Crippen LogP contribution is 2.21. The number of methoxy groups -OCH3 is 1. The average molecular weight is 284 g/mol. The van der Waals surface area contributed by atoms with Crippen LogP contribution in [0.5, 0.6) is 5.88 Å². The predicted octanol–water partition coefficient (Wildman–Crippen LogP) is 2.52. The van der Waals surface area contributed by atoms with Crippen LogP contribution in [-0.2, 0) is 10.0 Å². The van der Waals surface area contributed by atoms with E-state index in [9.17, 15) is 8.42 Å². The van der Waals surface area contributed by atoms with Crippen LogP contribution in [0.1, 0.15) is 25.8 Å². The molecule has 0 unspecified atom stereocenters. The molecule has 6 heteroatoms. The lowest BCUT2D eigenvalue weighted by molar-refractivity contribution is 0.397. The first kappa shape index (κ1) is 15.5. The molecular formula is C13H20N2O3S. The molecule has 0 atom stereocenters. The minimum absolute atomic E-state index is 0.424. The number of hydrogen-bond acceptors (Lipinski definition) is 4. The van der Waals surface area contributed by atoms with Crippen molar-refractivity contribution in [3.05, 3.63) is 23.9 Å². The fourth-order valence-corrected chi connectivity index (χ4v) is 2.04. The summed E-state index contributed by atoms with van der Waals surface area (Å²) in [6.45, 7) is 4.25. The van der Waals surface area contributed by atoms with E-state index in [0.29, 0.717) is 17.5 Å². The molecule has 1 rings (SSSR count). The van der Waals surface area contributed by atoms with E-state index in [1.807, 2.05) is 12.2 Å². The maximum absolute atomic E-state index is 11.2. The molecule has 1 heterocycles. The third kappa shape index (κ3) is 5.74. The predicted molar refractivity (Wildman–Crippen MR) is 77.7 cm³/mol. The van der Waals surface area contributed by atoms with Crippen molar-refractivity contribution in [1.82, 2.24) is 4.98 Å². The molecule has 0 saturated carbocycles. The van der Waals surface area contributed by atoms with Crippen LogP contribution in [0.25, 0.3) is 6.08 Å². The summed E-state index contributed by atoms with van der Waals surface area (Å²) in [7, 11) is -1.77. The van der Waals surface area contributed by atoms with E-state index in [-0.39, 0.29) is 0 Å². The molecular weight excluding hydrogens is 264 g/mol. The van der Waals surface area contributed by atoms with Crippen LogP contribution in [0, 0.1) is 5.92 Å². The number of rotatable bonds is 6. The lowest BCUT2D eigenvalue weighted by atomic mass is 10.1. The molecule has 0 amide bonds. The Bertz CT molecular complexity index is 551. The summed E-state index contributed by atoms with van der Waals surface area (Å²) < 4.78 is 29.9. The Balaban J connectivity index is 2.99. The quantitative estimate of drug-likeness (QED) is 0.871. The lowest BCUT2D eigenvalue weighted by Crippen LogP contribution is -2.10. The smallest absolute Gasteiger partial charge is 0.229 e. The Morgan fingerprint density at radius 2 is 2.16 bits per heavy atom. The number of pyridine rings is 1. The number of hydrogen-bond donors (Lipinski definition) is 1. The Hall–Kier alpha value is -1.56. The molecule has 0 aliphatic carbocycles. The number of aromatic nitrogens is 1. The second kappa shape index (κ2) is 6.56. The summed E-state index contributed by atoms with van der Waals surface area (Å²) in [5.41, 5.74) is 1.17. The van der Waals surface area contributed by atoms with Gasteiger partial charge in [0.15, 0.2) is 0 Å². The number of allylic oxidation sites excluding steroid dienone is 1. The number of sulfonamides is 1.